The molecule has 0 saturated heterocycles. The molecule has 0 aromatic heterocycles. The molecule has 1 aliphatic rings. The predicted molar refractivity (Wildman–Crippen MR) is 76.8 cm³/mol. The second kappa shape index (κ2) is 6.56. The largest absolute Gasteiger partial charge is 0.435 e. The molecule has 4 nitrogen and oxygen atoms in total. The Morgan fingerprint density at radius 1 is 1.52 bits per heavy atom. The van der Waals surface area contributed by atoms with Crippen LogP contribution < -0.4 is 10.1 Å². The number of nitrogens with zero attached hydrogens (tertiary/aromatic N) is 1. The summed E-state index contributed by atoms with van der Waals surface area (Å²) in [5, 5.41) is 2.80. The third-order valence-corrected chi connectivity index (χ3v) is 3.40. The Hall–Kier alpha value is -2.11. The molecule has 1 aliphatic heterocycles. The van der Waals surface area contributed by atoms with E-state index in [1.807, 2.05) is 19.1 Å². The number of alkyl halides is 2. The highest BCUT2D eigenvalue weighted by atomic mass is 19.3. The van der Waals surface area contributed by atoms with Gasteiger partial charge >= 0.3 is 12.6 Å². The molecule has 21 heavy (non-hydrogen) atoms. The maximum atomic E-state index is 12.2. The van der Waals surface area contributed by atoms with E-state index in [0.29, 0.717) is 17.8 Å². The number of nitrogens with one attached hydrogen (secondary N) is 1. The maximum Gasteiger partial charge on any atom is 0.387 e. The van der Waals surface area contributed by atoms with Crippen LogP contribution in [0.25, 0.3) is 0 Å². The van der Waals surface area contributed by atoms with Crippen molar-refractivity contribution >= 4 is 11.7 Å². The van der Waals surface area contributed by atoms with Crippen LogP contribution in [0.5, 0.6) is 5.75 Å². The Labute approximate surface area is 122 Å². The van der Waals surface area contributed by atoms with Gasteiger partial charge < -0.3 is 15.0 Å². The lowest BCUT2D eigenvalue weighted by Gasteiger charge is -2.24. The Morgan fingerprint density at radius 2 is 2.29 bits per heavy atom. The molecule has 6 heteroatoms. The monoisotopic (exact) mass is 296 g/mol. The smallest absolute Gasteiger partial charge is 0.387 e. The molecule has 1 unspecified atom stereocenters. The fourth-order valence-electron chi connectivity index (χ4n) is 2.30. The van der Waals surface area contributed by atoms with Gasteiger partial charge in [0.25, 0.3) is 0 Å². The van der Waals surface area contributed by atoms with E-state index in [4.69, 9.17) is 0 Å². The zero-order valence-electron chi connectivity index (χ0n) is 12.0. The van der Waals surface area contributed by atoms with Crippen molar-refractivity contribution in [3.63, 3.8) is 0 Å². The summed E-state index contributed by atoms with van der Waals surface area (Å²) in [5.41, 5.74) is 1.25. The van der Waals surface area contributed by atoms with Crippen molar-refractivity contribution in [1.29, 1.82) is 0 Å². The summed E-state index contributed by atoms with van der Waals surface area (Å²) >= 11 is 0. The van der Waals surface area contributed by atoms with Gasteiger partial charge in [-0.25, -0.2) is 4.79 Å². The summed E-state index contributed by atoms with van der Waals surface area (Å²) in [6.07, 6.45) is 4.82. The first-order valence-corrected chi connectivity index (χ1v) is 6.81. The van der Waals surface area contributed by atoms with E-state index in [9.17, 15) is 13.6 Å². The van der Waals surface area contributed by atoms with E-state index in [1.165, 1.54) is 12.1 Å². The molecule has 2 rings (SSSR count). The molecule has 0 aliphatic carbocycles. The highest BCUT2D eigenvalue weighted by molar-refractivity contribution is 5.91. The van der Waals surface area contributed by atoms with Crippen molar-refractivity contribution in [2.45, 2.75) is 32.9 Å². The number of carbonyl (C=O) groups is 1. The number of aryl methyl sites for hydroxylation is 1. The summed E-state index contributed by atoms with van der Waals surface area (Å²) < 4.78 is 28.6. The number of benzene rings is 1. The van der Waals surface area contributed by atoms with Crippen LogP contribution in [-0.4, -0.2) is 30.1 Å². The maximum absolute atomic E-state index is 12.2. The molecular weight excluding hydrogens is 278 g/mol. The van der Waals surface area contributed by atoms with Crippen LogP contribution in [0.4, 0.5) is 19.3 Å². The van der Waals surface area contributed by atoms with Gasteiger partial charge in [0.2, 0.25) is 0 Å². The molecule has 1 aromatic rings. The van der Waals surface area contributed by atoms with Crippen molar-refractivity contribution in [1.82, 2.24) is 4.90 Å². The number of rotatable bonds is 4. The number of carbonyl (C=O) groups excluding carboxylic acids is 1. The molecule has 0 radical (unpaired) electrons. The van der Waals surface area contributed by atoms with Gasteiger partial charge in [0.05, 0.1) is 6.04 Å². The van der Waals surface area contributed by atoms with Crippen molar-refractivity contribution in [3.8, 4) is 5.75 Å². The van der Waals surface area contributed by atoms with Crippen LogP contribution in [0.1, 0.15) is 18.9 Å². The first kappa shape index (κ1) is 15.3. The van der Waals surface area contributed by atoms with Crippen LogP contribution in [0.3, 0.4) is 0 Å². The van der Waals surface area contributed by atoms with Gasteiger partial charge in [0.1, 0.15) is 5.75 Å². The number of hydrogen-bond acceptors (Lipinski definition) is 2. The molecule has 1 N–H and O–H groups in total. The first-order valence-electron chi connectivity index (χ1n) is 6.81. The van der Waals surface area contributed by atoms with Crippen molar-refractivity contribution in [2.24, 2.45) is 0 Å². The molecule has 1 heterocycles. The van der Waals surface area contributed by atoms with Crippen molar-refractivity contribution in [3.05, 3.63) is 35.9 Å². The lowest BCUT2D eigenvalue weighted by Crippen LogP contribution is -2.39. The molecule has 1 aromatic carbocycles. The topological polar surface area (TPSA) is 41.6 Å². The first-order chi connectivity index (χ1) is 10.0. The second-order valence-electron chi connectivity index (χ2n) is 4.84. The normalized spacial score (nSPS) is 17.4. The third-order valence-electron chi connectivity index (χ3n) is 3.40. The average Bonchev–Trinajstić information content (AvgIpc) is 2.89. The number of hydrogen-bond donors (Lipinski definition) is 1. The van der Waals surface area contributed by atoms with E-state index in [-0.39, 0.29) is 17.8 Å². The van der Waals surface area contributed by atoms with Gasteiger partial charge in [-0.3, -0.25) is 0 Å². The lowest BCUT2D eigenvalue weighted by molar-refractivity contribution is -0.0498. The minimum absolute atomic E-state index is 0.0785. The zero-order chi connectivity index (χ0) is 15.4. The number of halogens is 2. The van der Waals surface area contributed by atoms with E-state index < -0.39 is 6.61 Å². The van der Waals surface area contributed by atoms with Crippen LogP contribution >= 0.6 is 0 Å². The summed E-state index contributed by atoms with van der Waals surface area (Å²) in [6.45, 7) is 1.47. The van der Waals surface area contributed by atoms with E-state index >= 15 is 0 Å². The van der Waals surface area contributed by atoms with E-state index in [1.54, 1.807) is 17.9 Å². The van der Waals surface area contributed by atoms with Gasteiger partial charge in [-0.1, -0.05) is 19.1 Å². The van der Waals surface area contributed by atoms with Crippen LogP contribution in [0.2, 0.25) is 0 Å². The Kier molecular flexibility index (Phi) is 4.77. The van der Waals surface area contributed by atoms with Gasteiger partial charge in [-0.2, -0.15) is 8.78 Å². The summed E-state index contributed by atoms with van der Waals surface area (Å²) in [6, 6.07) is 4.36. The van der Waals surface area contributed by atoms with E-state index in [0.717, 1.165) is 6.42 Å². The van der Waals surface area contributed by atoms with Gasteiger partial charge in [0.15, 0.2) is 0 Å². The van der Waals surface area contributed by atoms with Crippen molar-refractivity contribution in [2.75, 3.05) is 11.9 Å². The minimum Gasteiger partial charge on any atom is -0.435 e. The lowest BCUT2D eigenvalue weighted by atomic mass is 10.2. The minimum atomic E-state index is -2.86. The fraction of sp³-hybridized carbons (Fsp3) is 0.400. The third kappa shape index (κ3) is 3.71. The second-order valence-corrected chi connectivity index (χ2v) is 4.84. The summed E-state index contributed by atoms with van der Waals surface area (Å²) in [4.78, 5) is 13.9. The van der Waals surface area contributed by atoms with Crippen LogP contribution in [0, 0.1) is 6.92 Å². The number of amides is 2. The Bertz CT molecular complexity index is 546. The molecule has 2 amide bonds. The molecule has 0 bridgehead atoms. The molecule has 0 fully saturated rings. The summed E-state index contributed by atoms with van der Waals surface area (Å²) in [7, 11) is 0. The Morgan fingerprint density at radius 3 is 2.90 bits per heavy atom. The van der Waals surface area contributed by atoms with Gasteiger partial charge in [-0.05, 0) is 37.1 Å². The molecule has 0 saturated carbocycles. The van der Waals surface area contributed by atoms with Gasteiger partial charge in [-0.15, -0.1) is 0 Å². The Balaban J connectivity index is 2.04. The average molecular weight is 296 g/mol. The highest BCUT2D eigenvalue weighted by Crippen LogP contribution is 2.24. The number of anilines is 1. The number of ether oxygens (including phenoxy) is 1. The fourth-order valence-corrected chi connectivity index (χ4v) is 2.30. The highest BCUT2D eigenvalue weighted by Gasteiger charge is 2.23. The molecular formula is C15H18F2N2O2. The van der Waals surface area contributed by atoms with Crippen molar-refractivity contribution < 1.29 is 18.3 Å². The molecule has 114 valence electrons. The molecule has 0 spiro atoms. The van der Waals surface area contributed by atoms with Crippen LogP contribution in [0.15, 0.2) is 30.4 Å². The standard InChI is InChI=1S/C15H18F2N2O2/c1-3-11-5-4-8-19(11)15(20)18-13-7-6-12(9-10(13)2)21-14(16)17/h4-7,9,11,14H,3,8H2,1-2H3,(H,18,20). The number of urea groups is 1. The summed E-state index contributed by atoms with van der Waals surface area (Å²) in [5.74, 6) is 0.0785. The molecule has 1 atom stereocenters. The predicted octanol–water partition coefficient (Wildman–Crippen LogP) is 3.78. The van der Waals surface area contributed by atoms with Gasteiger partial charge in [0, 0.05) is 12.2 Å². The van der Waals surface area contributed by atoms with E-state index in [2.05, 4.69) is 10.1 Å². The van der Waals surface area contributed by atoms with Crippen LogP contribution in [-0.2, 0) is 0 Å². The SMILES string of the molecule is CCC1C=CCN1C(=O)Nc1ccc(OC(F)F)cc1C. The zero-order valence-corrected chi connectivity index (χ0v) is 12.0. The quantitative estimate of drug-likeness (QED) is 0.859.